The standard InChI is InChI=1S/C33H42F2N4O3/c1-5-11-39(12-6-2)33(42)25-14-22(4)13-24(18-25)32(41)38-30(17-23-15-26(34)19-27(35)16-23)31(40)21-36-20-29-10-8-9-28(7-3)37-29/h8-10,13-16,18-19,30-31,36,40H,5-7,11-12,17,20-21H2,1-4H3,(H,38,41)/t30-,31+/m0/s1. The van der Waals surface area contributed by atoms with Crippen molar-refractivity contribution < 1.29 is 23.5 Å². The Morgan fingerprint density at radius 3 is 2.21 bits per heavy atom. The Hall–Kier alpha value is -3.69. The zero-order valence-corrected chi connectivity index (χ0v) is 24.9. The number of rotatable bonds is 15. The fourth-order valence-electron chi connectivity index (χ4n) is 4.91. The van der Waals surface area contributed by atoms with Crippen LogP contribution >= 0.6 is 0 Å². The predicted octanol–water partition coefficient (Wildman–Crippen LogP) is 4.98. The molecule has 42 heavy (non-hydrogen) atoms. The molecule has 0 bridgehead atoms. The van der Waals surface area contributed by atoms with Gasteiger partial charge in [-0.2, -0.15) is 0 Å². The zero-order valence-electron chi connectivity index (χ0n) is 24.9. The second-order valence-electron chi connectivity index (χ2n) is 10.6. The number of hydrogen-bond acceptors (Lipinski definition) is 5. The molecule has 0 spiro atoms. The van der Waals surface area contributed by atoms with E-state index in [-0.39, 0.29) is 24.4 Å². The van der Waals surface area contributed by atoms with E-state index in [9.17, 15) is 23.5 Å². The van der Waals surface area contributed by atoms with Crippen molar-refractivity contribution in [3.05, 3.63) is 99.9 Å². The molecule has 0 aliphatic rings. The number of aryl methyl sites for hydroxylation is 2. The summed E-state index contributed by atoms with van der Waals surface area (Å²) in [6.45, 7) is 9.58. The number of nitrogens with zero attached hydrogens (tertiary/aromatic N) is 2. The van der Waals surface area contributed by atoms with Crippen LogP contribution in [0.15, 0.2) is 54.6 Å². The average Bonchev–Trinajstić information content (AvgIpc) is 2.95. The third kappa shape index (κ3) is 9.70. The molecule has 1 aromatic heterocycles. The van der Waals surface area contributed by atoms with Crippen molar-refractivity contribution in [2.75, 3.05) is 19.6 Å². The van der Waals surface area contributed by atoms with Gasteiger partial charge in [0.25, 0.3) is 11.8 Å². The summed E-state index contributed by atoms with van der Waals surface area (Å²) in [5, 5.41) is 17.1. The van der Waals surface area contributed by atoms with Crippen LogP contribution in [0.2, 0.25) is 0 Å². The molecular formula is C33H42F2N4O3. The second kappa shape index (κ2) is 16.1. The lowest BCUT2D eigenvalue weighted by atomic mass is 9.99. The Morgan fingerprint density at radius 1 is 0.929 bits per heavy atom. The number of carbonyl (C=O) groups is 2. The SMILES string of the molecule is CCCN(CCC)C(=O)c1cc(C)cc(C(=O)N[C@@H](Cc2cc(F)cc(F)c2)[C@H](O)CNCc2cccc(CC)n2)c1. The van der Waals surface area contributed by atoms with E-state index in [0.717, 1.165) is 42.3 Å². The first-order chi connectivity index (χ1) is 20.1. The van der Waals surface area contributed by atoms with E-state index in [1.807, 2.05) is 45.9 Å². The number of aliphatic hydroxyl groups is 1. The van der Waals surface area contributed by atoms with Gasteiger partial charge in [-0.1, -0.05) is 26.8 Å². The van der Waals surface area contributed by atoms with Crippen molar-refractivity contribution in [2.24, 2.45) is 0 Å². The Morgan fingerprint density at radius 2 is 1.57 bits per heavy atom. The number of aliphatic hydroxyl groups excluding tert-OH is 1. The van der Waals surface area contributed by atoms with Gasteiger partial charge in [-0.15, -0.1) is 0 Å². The molecule has 0 aliphatic carbocycles. The number of nitrogens with one attached hydrogen (secondary N) is 2. The highest BCUT2D eigenvalue weighted by molar-refractivity contribution is 6.00. The number of pyridine rings is 1. The molecule has 0 fully saturated rings. The molecule has 3 rings (SSSR count). The van der Waals surface area contributed by atoms with E-state index in [1.165, 1.54) is 12.1 Å². The summed E-state index contributed by atoms with van der Waals surface area (Å²) in [6.07, 6.45) is 1.34. The van der Waals surface area contributed by atoms with E-state index in [2.05, 4.69) is 15.6 Å². The third-order valence-corrected chi connectivity index (χ3v) is 6.91. The van der Waals surface area contributed by atoms with Gasteiger partial charge in [-0.05, 0) is 86.2 Å². The highest BCUT2D eigenvalue weighted by Crippen LogP contribution is 2.16. The molecule has 0 saturated heterocycles. The Labute approximate surface area is 247 Å². The maximum atomic E-state index is 14.0. The predicted molar refractivity (Wildman–Crippen MR) is 160 cm³/mol. The second-order valence-corrected chi connectivity index (χ2v) is 10.6. The number of halogens is 2. The van der Waals surface area contributed by atoms with Crippen LogP contribution in [-0.4, -0.2) is 58.6 Å². The van der Waals surface area contributed by atoms with Crippen LogP contribution in [0, 0.1) is 18.6 Å². The van der Waals surface area contributed by atoms with Crippen LogP contribution in [0.1, 0.15) is 76.8 Å². The normalized spacial score (nSPS) is 12.5. The van der Waals surface area contributed by atoms with E-state index < -0.39 is 29.7 Å². The van der Waals surface area contributed by atoms with Crippen molar-refractivity contribution in [1.29, 1.82) is 0 Å². The summed E-state index contributed by atoms with van der Waals surface area (Å²) in [5.41, 5.74) is 3.48. The van der Waals surface area contributed by atoms with E-state index >= 15 is 0 Å². The van der Waals surface area contributed by atoms with Crippen molar-refractivity contribution >= 4 is 11.8 Å². The maximum Gasteiger partial charge on any atom is 0.253 e. The summed E-state index contributed by atoms with van der Waals surface area (Å²) >= 11 is 0. The van der Waals surface area contributed by atoms with Gasteiger partial charge in [0.05, 0.1) is 17.8 Å². The average molecular weight is 581 g/mol. The minimum Gasteiger partial charge on any atom is -0.390 e. The first-order valence-electron chi connectivity index (χ1n) is 14.6. The smallest absolute Gasteiger partial charge is 0.253 e. The number of amides is 2. The zero-order chi connectivity index (χ0) is 30.6. The van der Waals surface area contributed by atoms with Crippen LogP contribution in [-0.2, 0) is 19.4 Å². The first-order valence-corrected chi connectivity index (χ1v) is 14.6. The van der Waals surface area contributed by atoms with E-state index in [1.54, 1.807) is 23.1 Å². The quantitative estimate of drug-likeness (QED) is 0.236. The summed E-state index contributed by atoms with van der Waals surface area (Å²) in [4.78, 5) is 33.0. The summed E-state index contributed by atoms with van der Waals surface area (Å²) < 4.78 is 27.9. The molecule has 2 amide bonds. The molecule has 0 saturated carbocycles. The summed E-state index contributed by atoms with van der Waals surface area (Å²) in [6, 6.07) is 13.0. The maximum absolute atomic E-state index is 14.0. The number of carbonyl (C=O) groups excluding carboxylic acids is 2. The van der Waals surface area contributed by atoms with Crippen molar-refractivity contribution in [3.8, 4) is 0 Å². The Bertz CT molecular complexity index is 1320. The fourth-order valence-corrected chi connectivity index (χ4v) is 4.91. The minimum absolute atomic E-state index is 0.00871. The fraction of sp³-hybridized carbons (Fsp3) is 0.424. The largest absolute Gasteiger partial charge is 0.390 e. The lowest BCUT2D eigenvalue weighted by Crippen LogP contribution is -2.48. The molecule has 2 aromatic carbocycles. The first kappa shape index (κ1) is 32.8. The van der Waals surface area contributed by atoms with Crippen molar-refractivity contribution in [1.82, 2.24) is 20.5 Å². The van der Waals surface area contributed by atoms with Crippen LogP contribution in [0.4, 0.5) is 8.78 Å². The van der Waals surface area contributed by atoms with Crippen LogP contribution in [0.25, 0.3) is 0 Å². The van der Waals surface area contributed by atoms with Crippen LogP contribution in [0.5, 0.6) is 0 Å². The number of aromatic nitrogens is 1. The highest BCUT2D eigenvalue weighted by atomic mass is 19.1. The van der Waals surface area contributed by atoms with E-state index in [0.29, 0.717) is 30.8 Å². The van der Waals surface area contributed by atoms with Gasteiger partial charge in [-0.25, -0.2) is 8.78 Å². The Balaban J connectivity index is 1.80. The molecule has 9 heteroatoms. The molecule has 226 valence electrons. The minimum atomic E-state index is -1.09. The lowest BCUT2D eigenvalue weighted by Gasteiger charge is -2.25. The molecule has 3 N–H and O–H groups in total. The monoisotopic (exact) mass is 580 g/mol. The van der Waals surface area contributed by atoms with Gasteiger partial charge in [0.15, 0.2) is 0 Å². The molecule has 3 aromatic rings. The van der Waals surface area contributed by atoms with Crippen LogP contribution < -0.4 is 10.6 Å². The van der Waals surface area contributed by atoms with Gasteiger partial charge in [-0.3, -0.25) is 14.6 Å². The van der Waals surface area contributed by atoms with Gasteiger partial charge < -0.3 is 20.6 Å². The number of hydrogen-bond donors (Lipinski definition) is 3. The van der Waals surface area contributed by atoms with Gasteiger partial charge in [0.1, 0.15) is 11.6 Å². The molecule has 0 aliphatic heterocycles. The summed E-state index contributed by atoms with van der Waals surface area (Å²) in [5.74, 6) is -2.12. The van der Waals surface area contributed by atoms with E-state index in [4.69, 9.17) is 0 Å². The van der Waals surface area contributed by atoms with Gasteiger partial charge >= 0.3 is 0 Å². The van der Waals surface area contributed by atoms with Gasteiger partial charge in [0.2, 0.25) is 0 Å². The van der Waals surface area contributed by atoms with Crippen molar-refractivity contribution in [2.45, 2.75) is 72.1 Å². The summed E-state index contributed by atoms with van der Waals surface area (Å²) in [7, 11) is 0. The third-order valence-electron chi connectivity index (χ3n) is 6.91. The molecule has 1 heterocycles. The molecule has 7 nitrogen and oxygen atoms in total. The topological polar surface area (TPSA) is 94.6 Å². The molecular weight excluding hydrogens is 538 g/mol. The highest BCUT2D eigenvalue weighted by Gasteiger charge is 2.24. The Kier molecular flexibility index (Phi) is 12.6. The van der Waals surface area contributed by atoms with Crippen molar-refractivity contribution in [3.63, 3.8) is 0 Å². The molecule has 0 unspecified atom stereocenters. The molecule has 0 radical (unpaired) electrons. The lowest BCUT2D eigenvalue weighted by molar-refractivity contribution is 0.0755. The number of benzene rings is 2. The molecule has 2 atom stereocenters. The van der Waals surface area contributed by atoms with Crippen LogP contribution in [0.3, 0.4) is 0 Å². The van der Waals surface area contributed by atoms with Gasteiger partial charge in [0, 0.05) is 49.1 Å².